The molecule has 0 radical (unpaired) electrons. The predicted octanol–water partition coefficient (Wildman–Crippen LogP) is 6.99. The first-order chi connectivity index (χ1) is 30.3. The fourth-order valence-electron chi connectivity index (χ4n) is 6.98. The van der Waals surface area contributed by atoms with Crippen molar-refractivity contribution in [2.75, 3.05) is 85.3 Å². The quantitative estimate of drug-likeness (QED) is 0.0831. The van der Waals surface area contributed by atoms with Crippen LogP contribution in [0.2, 0.25) is 0 Å². The first-order valence-electron chi connectivity index (χ1n) is 19.2. The van der Waals surface area contributed by atoms with Crippen LogP contribution in [0.15, 0.2) is 109 Å². The van der Waals surface area contributed by atoms with Crippen LogP contribution in [0.25, 0.3) is 0 Å². The second-order valence-corrected chi connectivity index (χ2v) is 16.8. The molecule has 14 heteroatoms. The van der Waals surface area contributed by atoms with Gasteiger partial charge >= 0.3 is 0 Å². The van der Waals surface area contributed by atoms with Crippen molar-refractivity contribution >= 4 is 47.7 Å². The second kappa shape index (κ2) is 22.6. The summed E-state index contributed by atoms with van der Waals surface area (Å²) in [5.74, 6) is 8.24. The summed E-state index contributed by atoms with van der Waals surface area (Å²) in [5, 5.41) is 5.21. The van der Waals surface area contributed by atoms with Crippen LogP contribution in [-0.2, 0) is 0 Å². The van der Waals surface area contributed by atoms with Gasteiger partial charge in [-0.3, -0.25) is 0 Å². The zero-order valence-electron chi connectivity index (χ0n) is 37.2. The molecule has 0 saturated heterocycles. The van der Waals surface area contributed by atoms with Crippen LogP contribution in [0.5, 0.6) is 69.0 Å². The molecule has 0 aliphatic carbocycles. The van der Waals surface area contributed by atoms with E-state index in [9.17, 15) is 0 Å². The number of methoxy groups -OCH3 is 12. The highest BCUT2D eigenvalue weighted by molar-refractivity contribution is 7.81. The zero-order valence-corrected chi connectivity index (χ0v) is 39.0. The molecular formula is C48H54O12P2. The molecule has 6 aromatic rings. The van der Waals surface area contributed by atoms with Crippen molar-refractivity contribution in [3.63, 3.8) is 0 Å². The summed E-state index contributed by atoms with van der Waals surface area (Å²) in [6.45, 7) is 0. The first kappa shape index (κ1) is 46.8. The minimum absolute atomic E-state index is 0.686. The summed E-state index contributed by atoms with van der Waals surface area (Å²) in [6, 6.07) is 34.3. The molecule has 0 bridgehead atoms. The molecule has 62 heavy (non-hydrogen) atoms. The Kier molecular flexibility index (Phi) is 17.1. The average Bonchev–Trinajstić information content (AvgIpc) is 3.34. The van der Waals surface area contributed by atoms with Gasteiger partial charge in [0.15, 0.2) is 0 Å². The minimum Gasteiger partial charge on any atom is -0.496 e. The van der Waals surface area contributed by atoms with E-state index >= 15 is 0 Å². The lowest BCUT2D eigenvalue weighted by Crippen LogP contribution is -2.27. The Balaban J connectivity index is 0.000000234. The van der Waals surface area contributed by atoms with Crippen molar-refractivity contribution in [1.29, 1.82) is 0 Å². The van der Waals surface area contributed by atoms with E-state index in [-0.39, 0.29) is 0 Å². The Bertz CT molecular complexity index is 1840. The Morgan fingerprint density at radius 3 is 0.371 bits per heavy atom. The Labute approximate surface area is 366 Å². The largest absolute Gasteiger partial charge is 0.496 e. The third-order valence-corrected chi connectivity index (χ3v) is 15.1. The lowest BCUT2D eigenvalue weighted by Gasteiger charge is -2.28. The van der Waals surface area contributed by atoms with Gasteiger partial charge in [-0.2, -0.15) is 0 Å². The maximum atomic E-state index is 5.78. The SMILES string of the molecule is COc1cccc(OC)c1P(c1c(OC)cccc1OC)c1c(OC)cccc1OC.COc1cccc(OC)c1P(c1c(OC)cccc1OC)c1c(OC)cccc1OC. The van der Waals surface area contributed by atoms with Crippen LogP contribution in [0, 0.1) is 0 Å². The van der Waals surface area contributed by atoms with Crippen molar-refractivity contribution in [3.05, 3.63) is 109 Å². The molecule has 0 N–H and O–H groups in total. The molecule has 0 aliphatic rings. The fourth-order valence-corrected chi connectivity index (χ4v) is 13.0. The molecule has 0 aromatic heterocycles. The third kappa shape index (κ3) is 9.47. The van der Waals surface area contributed by atoms with Gasteiger partial charge in [0.25, 0.3) is 0 Å². The van der Waals surface area contributed by atoms with Crippen LogP contribution < -0.4 is 88.7 Å². The molecular weight excluding hydrogens is 830 g/mol. The van der Waals surface area contributed by atoms with Crippen LogP contribution >= 0.6 is 15.8 Å². The number of ether oxygens (including phenoxy) is 12. The van der Waals surface area contributed by atoms with Gasteiger partial charge in [-0.25, -0.2) is 0 Å². The van der Waals surface area contributed by atoms with E-state index in [1.165, 1.54) is 0 Å². The van der Waals surface area contributed by atoms with Crippen LogP contribution in [-0.4, -0.2) is 85.3 Å². The summed E-state index contributed by atoms with van der Waals surface area (Å²) >= 11 is 0. The van der Waals surface area contributed by atoms with E-state index in [0.29, 0.717) is 69.0 Å². The summed E-state index contributed by atoms with van der Waals surface area (Å²) in [4.78, 5) is 0. The van der Waals surface area contributed by atoms with Crippen molar-refractivity contribution in [3.8, 4) is 69.0 Å². The average molecular weight is 885 g/mol. The van der Waals surface area contributed by atoms with E-state index in [0.717, 1.165) is 31.8 Å². The van der Waals surface area contributed by atoms with E-state index in [1.54, 1.807) is 85.3 Å². The van der Waals surface area contributed by atoms with Crippen LogP contribution in [0.4, 0.5) is 0 Å². The molecule has 12 nitrogen and oxygen atoms in total. The molecule has 0 aliphatic heterocycles. The summed E-state index contributed by atoms with van der Waals surface area (Å²) in [6.07, 6.45) is 0. The van der Waals surface area contributed by atoms with E-state index in [1.807, 2.05) is 109 Å². The van der Waals surface area contributed by atoms with Crippen LogP contribution in [0.1, 0.15) is 0 Å². The molecule has 6 rings (SSSR count). The maximum Gasteiger partial charge on any atom is 0.130 e. The van der Waals surface area contributed by atoms with Gasteiger partial charge < -0.3 is 56.8 Å². The van der Waals surface area contributed by atoms with Gasteiger partial charge in [0.2, 0.25) is 0 Å². The number of hydrogen-bond donors (Lipinski definition) is 0. The highest BCUT2D eigenvalue weighted by Crippen LogP contribution is 2.51. The molecule has 0 saturated carbocycles. The van der Waals surface area contributed by atoms with Gasteiger partial charge in [0.05, 0.1) is 117 Å². The van der Waals surface area contributed by atoms with Gasteiger partial charge in [-0.15, -0.1) is 0 Å². The summed E-state index contributed by atoms with van der Waals surface area (Å²) in [5.41, 5.74) is 0. The Morgan fingerprint density at radius 1 is 0.194 bits per heavy atom. The lowest BCUT2D eigenvalue weighted by molar-refractivity contribution is 0.397. The normalized spacial score (nSPS) is 10.5. The molecule has 0 heterocycles. The van der Waals surface area contributed by atoms with Gasteiger partial charge in [0.1, 0.15) is 69.0 Å². The van der Waals surface area contributed by atoms with Crippen molar-refractivity contribution < 1.29 is 56.8 Å². The summed E-state index contributed by atoms with van der Waals surface area (Å²) < 4.78 is 69.3. The van der Waals surface area contributed by atoms with Gasteiger partial charge in [-0.1, -0.05) is 36.4 Å². The molecule has 328 valence electrons. The predicted molar refractivity (Wildman–Crippen MR) is 249 cm³/mol. The van der Waals surface area contributed by atoms with Crippen molar-refractivity contribution in [2.45, 2.75) is 0 Å². The van der Waals surface area contributed by atoms with Gasteiger partial charge in [0, 0.05) is 15.8 Å². The van der Waals surface area contributed by atoms with Crippen molar-refractivity contribution in [2.24, 2.45) is 0 Å². The lowest BCUT2D eigenvalue weighted by atomic mass is 10.3. The fraction of sp³-hybridized carbons (Fsp3) is 0.250. The van der Waals surface area contributed by atoms with E-state index in [2.05, 4.69) is 0 Å². The Morgan fingerprint density at radius 2 is 0.290 bits per heavy atom. The zero-order chi connectivity index (χ0) is 44.8. The number of benzene rings is 6. The molecule has 0 unspecified atom stereocenters. The van der Waals surface area contributed by atoms with Crippen molar-refractivity contribution in [1.82, 2.24) is 0 Å². The smallest absolute Gasteiger partial charge is 0.130 e. The highest BCUT2D eigenvalue weighted by atomic mass is 31.1. The third-order valence-electron chi connectivity index (χ3n) is 9.75. The molecule has 0 spiro atoms. The number of rotatable bonds is 18. The molecule has 6 aromatic carbocycles. The molecule has 0 atom stereocenters. The second-order valence-electron chi connectivity index (χ2n) is 12.7. The highest BCUT2D eigenvalue weighted by Gasteiger charge is 2.36. The maximum absolute atomic E-state index is 5.78. The topological polar surface area (TPSA) is 111 Å². The molecule has 0 amide bonds. The monoisotopic (exact) mass is 884 g/mol. The minimum atomic E-state index is -1.36. The van der Waals surface area contributed by atoms with E-state index in [4.69, 9.17) is 56.8 Å². The first-order valence-corrected chi connectivity index (χ1v) is 21.8. The standard InChI is InChI=1S/2C24H27O6P/c2*1-25-16-10-7-11-17(26-2)22(16)31(23-18(27-3)12-8-13-19(23)28-4)24-20(29-5)14-9-15-21(24)30-6/h2*7-15H,1-6H3. The van der Waals surface area contributed by atoms with E-state index < -0.39 is 15.8 Å². The Hall–Kier alpha value is -6.22. The van der Waals surface area contributed by atoms with Gasteiger partial charge in [-0.05, 0) is 72.8 Å². The van der Waals surface area contributed by atoms with Crippen LogP contribution in [0.3, 0.4) is 0 Å². The molecule has 0 fully saturated rings. The summed E-state index contributed by atoms with van der Waals surface area (Å²) in [7, 11) is 17.0. The number of hydrogen-bond acceptors (Lipinski definition) is 12.